The van der Waals surface area contributed by atoms with Crippen LogP contribution < -0.4 is 10.7 Å². The molecule has 5 heteroatoms. The van der Waals surface area contributed by atoms with Crippen molar-refractivity contribution in [3.8, 4) is 0 Å². The minimum Gasteiger partial charge on any atom is -0.359 e. The fourth-order valence-electron chi connectivity index (χ4n) is 2.92. The molecule has 0 atom stereocenters. The van der Waals surface area contributed by atoms with Gasteiger partial charge in [-0.15, -0.1) is 0 Å². The molecule has 23 heavy (non-hydrogen) atoms. The SMILES string of the molecule is C/C(=N\NC(=S)NC1CCCCC1)c1ccc2ccccc2n1. The van der Waals surface area contributed by atoms with E-state index in [1.54, 1.807) is 0 Å². The summed E-state index contributed by atoms with van der Waals surface area (Å²) >= 11 is 5.33. The quantitative estimate of drug-likeness (QED) is 0.512. The molecular formula is C18H22N4S. The zero-order valence-electron chi connectivity index (χ0n) is 13.4. The normalized spacial score (nSPS) is 16.3. The number of fused-ring (bicyclic) bond motifs is 1. The van der Waals surface area contributed by atoms with Crippen molar-refractivity contribution in [3.63, 3.8) is 0 Å². The lowest BCUT2D eigenvalue weighted by Gasteiger charge is -2.23. The molecule has 2 N–H and O–H groups in total. The molecule has 1 aromatic carbocycles. The van der Waals surface area contributed by atoms with Gasteiger partial charge in [-0.2, -0.15) is 5.10 Å². The van der Waals surface area contributed by atoms with Crippen molar-refractivity contribution in [3.05, 3.63) is 42.1 Å². The third-order valence-corrected chi connectivity index (χ3v) is 4.44. The van der Waals surface area contributed by atoms with Crippen LogP contribution in [0.4, 0.5) is 0 Å². The number of benzene rings is 1. The van der Waals surface area contributed by atoms with Gasteiger partial charge in [-0.1, -0.05) is 43.5 Å². The molecule has 120 valence electrons. The summed E-state index contributed by atoms with van der Waals surface area (Å²) in [5.41, 5.74) is 5.60. The Balaban J connectivity index is 1.62. The van der Waals surface area contributed by atoms with E-state index in [1.807, 2.05) is 31.2 Å². The van der Waals surface area contributed by atoms with Crippen molar-refractivity contribution < 1.29 is 0 Å². The first-order valence-electron chi connectivity index (χ1n) is 8.19. The molecular weight excluding hydrogens is 304 g/mol. The van der Waals surface area contributed by atoms with Crippen molar-refractivity contribution in [2.75, 3.05) is 0 Å². The summed E-state index contributed by atoms with van der Waals surface area (Å²) in [6.07, 6.45) is 6.28. The van der Waals surface area contributed by atoms with E-state index >= 15 is 0 Å². The Hall–Kier alpha value is -2.01. The Morgan fingerprint density at radius 1 is 1.13 bits per heavy atom. The van der Waals surface area contributed by atoms with Gasteiger partial charge < -0.3 is 5.32 Å². The monoisotopic (exact) mass is 326 g/mol. The molecule has 1 aliphatic rings. The predicted octanol–water partition coefficient (Wildman–Crippen LogP) is 3.76. The van der Waals surface area contributed by atoms with Gasteiger partial charge in [0.05, 0.1) is 16.9 Å². The predicted molar refractivity (Wildman–Crippen MR) is 99.7 cm³/mol. The van der Waals surface area contributed by atoms with Crippen LogP contribution in [-0.2, 0) is 0 Å². The third-order valence-electron chi connectivity index (χ3n) is 4.23. The number of rotatable bonds is 3. The maximum Gasteiger partial charge on any atom is 0.187 e. The maximum absolute atomic E-state index is 5.33. The number of para-hydroxylation sites is 1. The van der Waals surface area contributed by atoms with Gasteiger partial charge in [0.2, 0.25) is 0 Å². The van der Waals surface area contributed by atoms with Crippen molar-refractivity contribution in [1.82, 2.24) is 15.7 Å². The summed E-state index contributed by atoms with van der Waals surface area (Å²) in [5, 5.41) is 9.44. The van der Waals surface area contributed by atoms with E-state index in [0.29, 0.717) is 11.2 Å². The first-order chi connectivity index (χ1) is 11.2. The number of aromatic nitrogens is 1. The topological polar surface area (TPSA) is 49.3 Å². The Bertz CT molecular complexity index is 720. The fourth-order valence-corrected chi connectivity index (χ4v) is 3.14. The van der Waals surface area contributed by atoms with Crippen LogP contribution in [0.3, 0.4) is 0 Å². The fraction of sp³-hybridized carbons (Fsp3) is 0.389. The molecule has 0 unspecified atom stereocenters. The highest BCUT2D eigenvalue weighted by Gasteiger charge is 2.13. The first-order valence-corrected chi connectivity index (χ1v) is 8.60. The van der Waals surface area contributed by atoms with Crippen LogP contribution in [0.5, 0.6) is 0 Å². The van der Waals surface area contributed by atoms with E-state index in [2.05, 4.69) is 33.0 Å². The summed E-state index contributed by atoms with van der Waals surface area (Å²) in [6.45, 7) is 1.94. The van der Waals surface area contributed by atoms with Crippen molar-refractivity contribution >= 4 is 33.9 Å². The average molecular weight is 326 g/mol. The van der Waals surface area contributed by atoms with Crippen LogP contribution in [0.25, 0.3) is 10.9 Å². The van der Waals surface area contributed by atoms with Crippen LogP contribution >= 0.6 is 12.2 Å². The number of hydrazone groups is 1. The van der Waals surface area contributed by atoms with Crippen LogP contribution in [0.1, 0.15) is 44.7 Å². The second-order valence-corrected chi connectivity index (χ2v) is 6.41. The number of hydrogen-bond donors (Lipinski definition) is 2. The average Bonchev–Trinajstić information content (AvgIpc) is 2.60. The summed E-state index contributed by atoms with van der Waals surface area (Å²) in [5.74, 6) is 0. The summed E-state index contributed by atoms with van der Waals surface area (Å²) in [7, 11) is 0. The van der Waals surface area contributed by atoms with E-state index in [1.165, 1.54) is 32.1 Å². The lowest BCUT2D eigenvalue weighted by atomic mass is 9.96. The molecule has 1 aliphatic carbocycles. The molecule has 0 aliphatic heterocycles. The highest BCUT2D eigenvalue weighted by molar-refractivity contribution is 7.80. The van der Waals surface area contributed by atoms with Gasteiger partial charge in [0, 0.05) is 11.4 Å². The van der Waals surface area contributed by atoms with Gasteiger partial charge in [-0.25, -0.2) is 4.98 Å². The van der Waals surface area contributed by atoms with Gasteiger partial charge in [-0.05, 0) is 44.1 Å². The second-order valence-electron chi connectivity index (χ2n) is 6.01. The highest BCUT2D eigenvalue weighted by atomic mass is 32.1. The highest BCUT2D eigenvalue weighted by Crippen LogP contribution is 2.17. The van der Waals surface area contributed by atoms with E-state index < -0.39 is 0 Å². The van der Waals surface area contributed by atoms with E-state index in [4.69, 9.17) is 12.2 Å². The molecule has 0 amide bonds. The minimum atomic E-state index is 0.484. The molecule has 4 nitrogen and oxygen atoms in total. The maximum atomic E-state index is 5.33. The summed E-state index contributed by atoms with van der Waals surface area (Å²) in [6, 6.07) is 12.6. The van der Waals surface area contributed by atoms with Gasteiger partial charge in [0.1, 0.15) is 0 Å². The van der Waals surface area contributed by atoms with Crippen molar-refractivity contribution in [2.24, 2.45) is 5.10 Å². The molecule has 0 spiro atoms. The zero-order chi connectivity index (χ0) is 16.1. The first kappa shape index (κ1) is 15.9. The summed E-state index contributed by atoms with van der Waals surface area (Å²) < 4.78 is 0. The summed E-state index contributed by atoms with van der Waals surface area (Å²) in [4.78, 5) is 4.63. The molecule has 1 saturated carbocycles. The minimum absolute atomic E-state index is 0.484. The van der Waals surface area contributed by atoms with E-state index in [-0.39, 0.29) is 0 Å². The van der Waals surface area contributed by atoms with Gasteiger partial charge in [-0.3, -0.25) is 5.43 Å². The van der Waals surface area contributed by atoms with Gasteiger partial charge >= 0.3 is 0 Å². The molecule has 3 rings (SSSR count). The number of nitrogens with zero attached hydrogens (tertiary/aromatic N) is 2. The molecule has 1 heterocycles. The molecule has 0 saturated heterocycles. The Morgan fingerprint density at radius 2 is 1.91 bits per heavy atom. The largest absolute Gasteiger partial charge is 0.359 e. The van der Waals surface area contributed by atoms with Crippen molar-refractivity contribution in [1.29, 1.82) is 0 Å². The van der Waals surface area contributed by atoms with E-state index in [9.17, 15) is 0 Å². The number of nitrogens with one attached hydrogen (secondary N) is 2. The number of pyridine rings is 1. The van der Waals surface area contributed by atoms with Crippen LogP contribution in [0.2, 0.25) is 0 Å². The molecule has 0 radical (unpaired) electrons. The molecule has 1 fully saturated rings. The molecule has 2 aromatic rings. The van der Waals surface area contributed by atoms with Crippen LogP contribution in [0.15, 0.2) is 41.5 Å². The number of hydrogen-bond acceptors (Lipinski definition) is 3. The molecule has 0 bridgehead atoms. The standard InChI is InChI=1S/C18H22N4S/c1-13(16-12-11-14-7-5-6-10-17(14)20-16)21-22-18(23)19-15-8-3-2-4-9-15/h5-7,10-12,15H,2-4,8-9H2,1H3,(H2,19,22,23)/b21-13+. The Morgan fingerprint density at radius 3 is 2.74 bits per heavy atom. The smallest absolute Gasteiger partial charge is 0.187 e. The van der Waals surface area contributed by atoms with Crippen LogP contribution in [-0.4, -0.2) is 21.8 Å². The number of thiocarbonyl (C=S) groups is 1. The van der Waals surface area contributed by atoms with Gasteiger partial charge in [0.25, 0.3) is 0 Å². The molecule has 1 aromatic heterocycles. The second kappa shape index (κ2) is 7.51. The zero-order valence-corrected chi connectivity index (χ0v) is 14.2. The Labute approximate surface area is 142 Å². The third kappa shape index (κ3) is 4.26. The van der Waals surface area contributed by atoms with Crippen LogP contribution in [0, 0.1) is 0 Å². The van der Waals surface area contributed by atoms with Crippen molar-refractivity contribution in [2.45, 2.75) is 45.1 Å². The Kier molecular flexibility index (Phi) is 5.18. The van der Waals surface area contributed by atoms with E-state index in [0.717, 1.165) is 22.3 Å². The van der Waals surface area contributed by atoms with Gasteiger partial charge in [0.15, 0.2) is 5.11 Å². The lowest BCUT2D eigenvalue weighted by Crippen LogP contribution is -2.41. The lowest BCUT2D eigenvalue weighted by molar-refractivity contribution is 0.412.